The Hall–Kier alpha value is -1.39. The molecule has 0 atom stereocenters. The van der Waals surface area contributed by atoms with E-state index in [1.165, 1.54) is 11.3 Å². The van der Waals surface area contributed by atoms with E-state index in [1.807, 2.05) is 0 Å². The molecule has 5 heteroatoms. The van der Waals surface area contributed by atoms with Crippen molar-refractivity contribution in [1.29, 1.82) is 5.41 Å². The molecule has 0 unspecified atom stereocenters. The second kappa shape index (κ2) is 4.63. The van der Waals surface area contributed by atoms with Crippen molar-refractivity contribution in [2.24, 2.45) is 0 Å². The number of nitrogens with one attached hydrogen (secondary N) is 1. The maximum absolute atomic E-state index is 11.9. The lowest BCUT2D eigenvalue weighted by Crippen LogP contribution is -2.18. The minimum Gasteiger partial charge on any atom is -0.316 e. The van der Waals surface area contributed by atoms with E-state index in [-0.39, 0.29) is 12.3 Å². The SMILES string of the molecule is N=c1sccn1CC(=O)c1cccc(Cl)c1. The molecule has 2 rings (SSSR count). The van der Waals surface area contributed by atoms with E-state index in [1.54, 1.807) is 40.4 Å². The van der Waals surface area contributed by atoms with Gasteiger partial charge in [0, 0.05) is 22.2 Å². The molecule has 0 radical (unpaired) electrons. The predicted octanol–water partition coefficient (Wildman–Crippen LogP) is 2.57. The van der Waals surface area contributed by atoms with Gasteiger partial charge in [-0.15, -0.1) is 11.3 Å². The number of aromatic nitrogens is 1. The average molecular weight is 253 g/mol. The van der Waals surface area contributed by atoms with Crippen molar-refractivity contribution in [2.75, 3.05) is 0 Å². The van der Waals surface area contributed by atoms with E-state index in [0.717, 1.165) is 0 Å². The van der Waals surface area contributed by atoms with Gasteiger partial charge in [0.2, 0.25) is 0 Å². The topological polar surface area (TPSA) is 45.9 Å². The number of carbonyl (C=O) groups is 1. The Morgan fingerprint density at radius 3 is 2.94 bits per heavy atom. The lowest BCUT2D eigenvalue weighted by Gasteiger charge is -2.02. The molecule has 1 heterocycles. The summed E-state index contributed by atoms with van der Waals surface area (Å²) in [7, 11) is 0. The molecular weight excluding hydrogens is 244 g/mol. The van der Waals surface area contributed by atoms with Gasteiger partial charge >= 0.3 is 0 Å². The fourth-order valence-electron chi connectivity index (χ4n) is 1.34. The summed E-state index contributed by atoms with van der Waals surface area (Å²) in [5.41, 5.74) is 0.575. The molecule has 3 nitrogen and oxygen atoms in total. The molecule has 0 saturated carbocycles. The van der Waals surface area contributed by atoms with Crippen molar-refractivity contribution >= 4 is 28.7 Å². The standard InChI is InChI=1S/C11H9ClN2OS/c12-9-3-1-2-8(6-9)10(15)7-14-4-5-16-11(14)13/h1-6,13H,7H2. The highest BCUT2D eigenvalue weighted by Crippen LogP contribution is 2.11. The molecule has 0 amide bonds. The summed E-state index contributed by atoms with van der Waals surface area (Å²) >= 11 is 7.10. The average Bonchev–Trinajstić information content (AvgIpc) is 2.64. The number of thiazole rings is 1. The van der Waals surface area contributed by atoms with Crippen LogP contribution in [0.25, 0.3) is 0 Å². The molecule has 16 heavy (non-hydrogen) atoms. The van der Waals surface area contributed by atoms with E-state index in [9.17, 15) is 4.79 Å². The zero-order valence-corrected chi connectivity index (χ0v) is 9.89. The van der Waals surface area contributed by atoms with Crippen molar-refractivity contribution in [3.63, 3.8) is 0 Å². The first-order valence-electron chi connectivity index (χ1n) is 4.64. The summed E-state index contributed by atoms with van der Waals surface area (Å²) in [5, 5.41) is 9.89. The number of Topliss-reactive ketones (excluding diaryl/α,β-unsaturated/α-hetero) is 1. The second-order valence-corrected chi connectivity index (χ2v) is 4.60. The predicted molar refractivity (Wildman–Crippen MR) is 63.9 cm³/mol. The third-order valence-electron chi connectivity index (χ3n) is 2.14. The molecule has 0 saturated heterocycles. The van der Waals surface area contributed by atoms with E-state index in [4.69, 9.17) is 17.0 Å². The van der Waals surface area contributed by atoms with Crippen LogP contribution in [0.2, 0.25) is 5.02 Å². The van der Waals surface area contributed by atoms with Gasteiger partial charge in [0.05, 0.1) is 6.54 Å². The molecule has 2 aromatic rings. The molecule has 1 aromatic carbocycles. The number of carbonyl (C=O) groups excluding carboxylic acids is 1. The first-order chi connectivity index (χ1) is 7.66. The van der Waals surface area contributed by atoms with Gasteiger partial charge in [-0.2, -0.15) is 0 Å². The fraction of sp³-hybridized carbons (Fsp3) is 0.0909. The third kappa shape index (κ3) is 2.40. The quantitative estimate of drug-likeness (QED) is 0.839. The minimum atomic E-state index is -0.0422. The van der Waals surface area contributed by atoms with Crippen LogP contribution in [0, 0.1) is 5.41 Å². The van der Waals surface area contributed by atoms with Crippen LogP contribution in [0.5, 0.6) is 0 Å². The third-order valence-corrected chi connectivity index (χ3v) is 3.09. The van der Waals surface area contributed by atoms with Crippen molar-refractivity contribution < 1.29 is 4.79 Å². The monoisotopic (exact) mass is 252 g/mol. The number of nitrogens with zero attached hydrogens (tertiary/aromatic N) is 1. The van der Waals surface area contributed by atoms with Crippen molar-refractivity contribution in [3.05, 3.63) is 51.2 Å². The lowest BCUT2D eigenvalue weighted by atomic mass is 10.1. The summed E-state index contributed by atoms with van der Waals surface area (Å²) in [6, 6.07) is 6.84. The van der Waals surface area contributed by atoms with E-state index in [0.29, 0.717) is 15.4 Å². The molecule has 0 aliphatic rings. The number of rotatable bonds is 3. The molecule has 82 valence electrons. The van der Waals surface area contributed by atoms with Gasteiger partial charge in [0.25, 0.3) is 0 Å². The highest BCUT2D eigenvalue weighted by atomic mass is 35.5. The number of hydrogen-bond donors (Lipinski definition) is 1. The summed E-state index contributed by atoms with van der Waals surface area (Å²) in [4.78, 5) is 12.2. The zero-order valence-electron chi connectivity index (χ0n) is 8.31. The highest BCUT2D eigenvalue weighted by Gasteiger charge is 2.07. The van der Waals surface area contributed by atoms with Crippen LogP contribution >= 0.6 is 22.9 Å². The second-order valence-electron chi connectivity index (χ2n) is 3.27. The Morgan fingerprint density at radius 2 is 2.31 bits per heavy atom. The molecule has 0 fully saturated rings. The van der Waals surface area contributed by atoms with Crippen LogP contribution < -0.4 is 4.80 Å². The van der Waals surface area contributed by atoms with Gasteiger partial charge < -0.3 is 4.57 Å². The Kier molecular flexibility index (Phi) is 3.22. The summed E-state index contributed by atoms with van der Waals surface area (Å²) in [6.07, 6.45) is 1.73. The molecular formula is C11H9ClN2OS. The van der Waals surface area contributed by atoms with Gasteiger partial charge in [-0.05, 0) is 12.1 Å². The first kappa shape index (κ1) is 11.1. The Bertz CT molecular complexity index is 573. The fourth-order valence-corrected chi connectivity index (χ4v) is 2.12. The maximum atomic E-state index is 11.9. The maximum Gasteiger partial charge on any atom is 0.182 e. The van der Waals surface area contributed by atoms with Crippen LogP contribution in [0.4, 0.5) is 0 Å². The highest BCUT2D eigenvalue weighted by molar-refractivity contribution is 7.06. The molecule has 1 N–H and O–H groups in total. The van der Waals surface area contributed by atoms with Crippen molar-refractivity contribution in [3.8, 4) is 0 Å². The van der Waals surface area contributed by atoms with Gasteiger partial charge in [-0.3, -0.25) is 10.2 Å². The summed E-state index contributed by atoms with van der Waals surface area (Å²) < 4.78 is 1.61. The first-order valence-corrected chi connectivity index (χ1v) is 5.90. The van der Waals surface area contributed by atoms with Gasteiger partial charge in [-0.25, -0.2) is 0 Å². The molecule has 1 aromatic heterocycles. The number of ketones is 1. The largest absolute Gasteiger partial charge is 0.316 e. The molecule has 0 spiro atoms. The number of hydrogen-bond acceptors (Lipinski definition) is 3. The molecule has 0 aliphatic carbocycles. The van der Waals surface area contributed by atoms with Crippen LogP contribution in [-0.4, -0.2) is 10.4 Å². The van der Waals surface area contributed by atoms with Crippen LogP contribution in [0.15, 0.2) is 35.8 Å². The van der Waals surface area contributed by atoms with Crippen LogP contribution in [0.3, 0.4) is 0 Å². The summed E-state index contributed by atoms with van der Waals surface area (Å²) in [5.74, 6) is -0.0422. The van der Waals surface area contributed by atoms with Gasteiger partial charge in [0.15, 0.2) is 10.6 Å². The van der Waals surface area contributed by atoms with Gasteiger partial charge in [0.1, 0.15) is 0 Å². The Labute approximate surface area is 101 Å². The van der Waals surface area contributed by atoms with E-state index >= 15 is 0 Å². The lowest BCUT2D eigenvalue weighted by molar-refractivity contribution is 0.0971. The Morgan fingerprint density at radius 1 is 1.50 bits per heavy atom. The van der Waals surface area contributed by atoms with Crippen LogP contribution in [-0.2, 0) is 6.54 Å². The smallest absolute Gasteiger partial charge is 0.182 e. The van der Waals surface area contributed by atoms with Crippen LogP contribution in [0.1, 0.15) is 10.4 Å². The molecule has 0 aliphatic heterocycles. The molecule has 0 bridgehead atoms. The van der Waals surface area contributed by atoms with E-state index < -0.39 is 0 Å². The normalized spacial score (nSPS) is 10.3. The van der Waals surface area contributed by atoms with Crippen molar-refractivity contribution in [2.45, 2.75) is 6.54 Å². The number of benzene rings is 1. The van der Waals surface area contributed by atoms with E-state index in [2.05, 4.69) is 0 Å². The zero-order chi connectivity index (χ0) is 11.5. The minimum absolute atomic E-state index is 0.0422. The Balaban J connectivity index is 2.21. The number of halogens is 1. The summed E-state index contributed by atoms with van der Waals surface area (Å²) in [6.45, 7) is 0.183. The van der Waals surface area contributed by atoms with Gasteiger partial charge in [-0.1, -0.05) is 23.7 Å². The van der Waals surface area contributed by atoms with Crippen molar-refractivity contribution in [1.82, 2.24) is 4.57 Å².